The Labute approximate surface area is 144 Å². The highest BCUT2D eigenvalue weighted by molar-refractivity contribution is 5.27. The molecule has 24 heavy (non-hydrogen) atoms. The quantitative estimate of drug-likeness (QED) is 0.816. The summed E-state index contributed by atoms with van der Waals surface area (Å²) in [7, 11) is 1.70. The zero-order chi connectivity index (χ0) is 16.9. The second-order valence-electron chi connectivity index (χ2n) is 6.50. The van der Waals surface area contributed by atoms with E-state index in [9.17, 15) is 0 Å². The van der Waals surface area contributed by atoms with Gasteiger partial charge in [-0.1, -0.05) is 12.1 Å². The largest absolute Gasteiger partial charge is 0.497 e. The molecule has 1 aliphatic rings. The van der Waals surface area contributed by atoms with Gasteiger partial charge in [0.25, 0.3) is 0 Å². The van der Waals surface area contributed by atoms with E-state index in [1.165, 1.54) is 11.3 Å². The number of hydrogen-bond acceptors (Lipinski definition) is 4. The van der Waals surface area contributed by atoms with Gasteiger partial charge < -0.3 is 9.47 Å². The predicted octanol–water partition coefficient (Wildman–Crippen LogP) is 2.45. The molecule has 0 spiro atoms. The summed E-state index contributed by atoms with van der Waals surface area (Å²) in [5.74, 6) is 0.912. The molecule has 5 heteroatoms. The van der Waals surface area contributed by atoms with Crippen LogP contribution in [-0.2, 0) is 17.7 Å². The molecule has 0 aliphatic carbocycles. The maximum atomic E-state index is 5.94. The van der Waals surface area contributed by atoms with E-state index in [1.54, 1.807) is 7.11 Å². The number of nitrogens with zero attached hydrogens (tertiary/aromatic N) is 3. The minimum absolute atomic E-state index is 0.215. The standard InChI is InChI=1S/C19H27N3O2/c1-15-12-16(2)22(20-15)14-19-13-21(10-11-24-19)9-8-17-4-6-18(23-3)7-5-17/h4-7,12,19H,8-11,13-14H2,1-3H3/t19-/m1/s1. The molecule has 1 saturated heterocycles. The van der Waals surface area contributed by atoms with E-state index in [0.29, 0.717) is 0 Å². The van der Waals surface area contributed by atoms with Crippen molar-refractivity contribution in [1.29, 1.82) is 0 Å². The highest BCUT2D eigenvalue weighted by atomic mass is 16.5. The first-order valence-corrected chi connectivity index (χ1v) is 8.62. The number of ether oxygens (including phenoxy) is 2. The van der Waals surface area contributed by atoms with Gasteiger partial charge in [-0.15, -0.1) is 0 Å². The fraction of sp³-hybridized carbons (Fsp3) is 0.526. The molecule has 130 valence electrons. The van der Waals surface area contributed by atoms with Crippen LogP contribution < -0.4 is 4.74 Å². The van der Waals surface area contributed by atoms with Gasteiger partial charge in [0.05, 0.1) is 32.1 Å². The van der Waals surface area contributed by atoms with E-state index in [4.69, 9.17) is 9.47 Å². The van der Waals surface area contributed by atoms with Crippen LogP contribution in [0, 0.1) is 13.8 Å². The Bertz CT molecular complexity index is 651. The average Bonchev–Trinajstić information content (AvgIpc) is 2.91. The number of morpholine rings is 1. The van der Waals surface area contributed by atoms with Crippen molar-refractivity contribution in [3.63, 3.8) is 0 Å². The minimum Gasteiger partial charge on any atom is -0.497 e. The summed E-state index contributed by atoms with van der Waals surface area (Å²) in [5.41, 5.74) is 3.61. The number of hydrogen-bond donors (Lipinski definition) is 0. The van der Waals surface area contributed by atoms with Crippen LogP contribution in [0.1, 0.15) is 17.0 Å². The number of aryl methyl sites for hydroxylation is 2. The lowest BCUT2D eigenvalue weighted by atomic mass is 10.1. The Morgan fingerprint density at radius 3 is 2.71 bits per heavy atom. The lowest BCUT2D eigenvalue weighted by Gasteiger charge is -2.33. The number of methoxy groups -OCH3 is 1. The SMILES string of the molecule is COc1ccc(CCN2CCO[C@@H](Cn3nc(C)cc3C)C2)cc1. The average molecular weight is 329 g/mol. The summed E-state index contributed by atoms with van der Waals surface area (Å²) < 4.78 is 13.2. The van der Waals surface area contributed by atoms with E-state index in [1.807, 2.05) is 19.1 Å². The molecule has 1 aromatic heterocycles. The highest BCUT2D eigenvalue weighted by Gasteiger charge is 2.21. The van der Waals surface area contributed by atoms with Crippen LogP contribution in [0.2, 0.25) is 0 Å². The molecule has 0 unspecified atom stereocenters. The second kappa shape index (κ2) is 7.81. The molecule has 2 aromatic rings. The Kier molecular flexibility index (Phi) is 5.53. The predicted molar refractivity (Wildman–Crippen MR) is 94.6 cm³/mol. The van der Waals surface area contributed by atoms with Gasteiger partial charge in [-0.3, -0.25) is 9.58 Å². The molecule has 3 rings (SSSR count). The molecule has 0 bridgehead atoms. The number of rotatable bonds is 6. The van der Waals surface area contributed by atoms with E-state index in [0.717, 1.165) is 50.7 Å². The number of benzene rings is 1. The van der Waals surface area contributed by atoms with Crippen molar-refractivity contribution < 1.29 is 9.47 Å². The molecule has 0 radical (unpaired) electrons. The summed E-state index contributed by atoms with van der Waals surface area (Å²) in [6.45, 7) is 8.80. The van der Waals surface area contributed by atoms with Gasteiger partial charge in [0.1, 0.15) is 5.75 Å². The lowest BCUT2D eigenvalue weighted by molar-refractivity contribution is -0.0373. The highest BCUT2D eigenvalue weighted by Crippen LogP contribution is 2.14. The first-order chi connectivity index (χ1) is 11.6. The van der Waals surface area contributed by atoms with Crippen molar-refractivity contribution in [2.24, 2.45) is 0 Å². The fourth-order valence-electron chi connectivity index (χ4n) is 3.23. The molecule has 1 aromatic carbocycles. The lowest BCUT2D eigenvalue weighted by Crippen LogP contribution is -2.45. The van der Waals surface area contributed by atoms with Gasteiger partial charge in [0.2, 0.25) is 0 Å². The van der Waals surface area contributed by atoms with Crippen molar-refractivity contribution in [2.45, 2.75) is 32.9 Å². The first kappa shape index (κ1) is 17.0. The summed E-state index contributed by atoms with van der Waals surface area (Å²) in [6, 6.07) is 10.5. The van der Waals surface area contributed by atoms with Gasteiger partial charge >= 0.3 is 0 Å². The molecule has 1 aliphatic heterocycles. The third-order valence-electron chi connectivity index (χ3n) is 4.58. The fourth-order valence-corrected chi connectivity index (χ4v) is 3.23. The maximum absolute atomic E-state index is 5.94. The molecule has 2 heterocycles. The van der Waals surface area contributed by atoms with Crippen molar-refractivity contribution in [1.82, 2.24) is 14.7 Å². The van der Waals surface area contributed by atoms with Crippen LogP contribution in [0.15, 0.2) is 30.3 Å². The van der Waals surface area contributed by atoms with Crippen LogP contribution in [0.3, 0.4) is 0 Å². The van der Waals surface area contributed by atoms with Crippen molar-refractivity contribution >= 4 is 0 Å². The van der Waals surface area contributed by atoms with Crippen molar-refractivity contribution in [3.8, 4) is 5.75 Å². The third-order valence-corrected chi connectivity index (χ3v) is 4.58. The summed E-state index contributed by atoms with van der Waals surface area (Å²) in [6.07, 6.45) is 1.27. The monoisotopic (exact) mass is 329 g/mol. The normalized spacial score (nSPS) is 18.7. The summed E-state index contributed by atoms with van der Waals surface area (Å²) >= 11 is 0. The van der Waals surface area contributed by atoms with Crippen molar-refractivity contribution in [3.05, 3.63) is 47.3 Å². The Balaban J connectivity index is 1.50. The molecule has 1 fully saturated rings. The van der Waals surface area contributed by atoms with Gasteiger partial charge in [-0.25, -0.2) is 0 Å². The van der Waals surface area contributed by atoms with Crippen LogP contribution in [0.25, 0.3) is 0 Å². The van der Waals surface area contributed by atoms with Crippen LogP contribution in [0.4, 0.5) is 0 Å². The van der Waals surface area contributed by atoms with E-state index >= 15 is 0 Å². The van der Waals surface area contributed by atoms with Gasteiger partial charge in [-0.2, -0.15) is 5.10 Å². The zero-order valence-electron chi connectivity index (χ0n) is 14.9. The summed E-state index contributed by atoms with van der Waals surface area (Å²) in [5, 5.41) is 4.55. The Morgan fingerprint density at radius 2 is 2.04 bits per heavy atom. The Hall–Kier alpha value is -1.85. The van der Waals surface area contributed by atoms with E-state index in [2.05, 4.69) is 39.8 Å². The van der Waals surface area contributed by atoms with Gasteiger partial charge in [0, 0.05) is 25.3 Å². The molecule has 0 amide bonds. The maximum Gasteiger partial charge on any atom is 0.118 e. The van der Waals surface area contributed by atoms with E-state index < -0.39 is 0 Å². The third kappa shape index (κ3) is 4.36. The van der Waals surface area contributed by atoms with Gasteiger partial charge in [0.15, 0.2) is 0 Å². The van der Waals surface area contributed by atoms with Crippen LogP contribution >= 0.6 is 0 Å². The van der Waals surface area contributed by atoms with Crippen LogP contribution in [0.5, 0.6) is 5.75 Å². The topological polar surface area (TPSA) is 39.5 Å². The first-order valence-electron chi connectivity index (χ1n) is 8.62. The van der Waals surface area contributed by atoms with Crippen LogP contribution in [-0.4, -0.2) is 54.1 Å². The minimum atomic E-state index is 0.215. The number of aromatic nitrogens is 2. The molecule has 0 N–H and O–H groups in total. The Morgan fingerprint density at radius 1 is 1.25 bits per heavy atom. The van der Waals surface area contributed by atoms with Crippen molar-refractivity contribution in [2.75, 3.05) is 33.4 Å². The van der Waals surface area contributed by atoms with Gasteiger partial charge in [-0.05, 0) is 44.0 Å². The smallest absolute Gasteiger partial charge is 0.118 e. The second-order valence-corrected chi connectivity index (χ2v) is 6.50. The molecule has 1 atom stereocenters. The molecule has 5 nitrogen and oxygen atoms in total. The summed E-state index contributed by atoms with van der Waals surface area (Å²) in [4.78, 5) is 2.49. The molecular weight excluding hydrogens is 302 g/mol. The molecule has 0 saturated carbocycles. The zero-order valence-corrected chi connectivity index (χ0v) is 14.9. The van der Waals surface area contributed by atoms with E-state index in [-0.39, 0.29) is 6.10 Å². The molecular formula is C19H27N3O2.